The largest absolute Gasteiger partial charge is 0.378 e. The van der Waals surface area contributed by atoms with E-state index in [4.69, 9.17) is 4.74 Å². The lowest BCUT2D eigenvalue weighted by molar-refractivity contribution is -0.120. The average Bonchev–Trinajstić information content (AvgIpc) is 2.85. The van der Waals surface area contributed by atoms with Gasteiger partial charge >= 0.3 is 0 Å². The number of hydrogen-bond acceptors (Lipinski definition) is 6. The van der Waals surface area contributed by atoms with Gasteiger partial charge in [0.25, 0.3) is 0 Å². The molecule has 9 heteroatoms. The monoisotopic (exact) mass is 475 g/mol. The van der Waals surface area contributed by atoms with Crippen LogP contribution in [0.25, 0.3) is 0 Å². The predicted octanol–water partition coefficient (Wildman–Crippen LogP) is 3.28. The third-order valence-corrected chi connectivity index (χ3v) is 8.69. The van der Waals surface area contributed by atoms with E-state index in [-0.39, 0.29) is 11.8 Å². The van der Waals surface area contributed by atoms with Gasteiger partial charge < -0.3 is 15.0 Å². The molecule has 1 amide bonds. The molecule has 172 valence electrons. The standard InChI is InChI=1S/C23H29N3O4S2/c1-31-21-6-8-22(9-7-21)32(28,29)26-12-10-18(11-13-26)23(27)24-19-2-4-20(5-3-19)25-14-16-30-17-15-25/h2-9,18H,10-17H2,1H3,(H,24,27). The SMILES string of the molecule is CSc1ccc(S(=O)(=O)N2CCC(C(=O)Nc3ccc(N4CCOCC4)cc3)CC2)cc1. The second-order valence-electron chi connectivity index (χ2n) is 7.99. The fourth-order valence-corrected chi connectivity index (χ4v) is 5.95. The van der Waals surface area contributed by atoms with Crippen molar-refractivity contribution in [3.8, 4) is 0 Å². The quantitative estimate of drug-likeness (QED) is 0.646. The van der Waals surface area contributed by atoms with Gasteiger partial charge in [-0.05, 0) is 67.6 Å². The first-order valence-corrected chi connectivity index (χ1v) is 13.5. The van der Waals surface area contributed by atoms with Gasteiger partial charge in [0, 0.05) is 48.4 Å². The van der Waals surface area contributed by atoms with E-state index in [1.165, 1.54) is 4.31 Å². The number of anilines is 2. The fourth-order valence-electron chi connectivity index (χ4n) is 4.08. The lowest BCUT2D eigenvalue weighted by atomic mass is 9.97. The number of piperidine rings is 1. The van der Waals surface area contributed by atoms with Crippen molar-refractivity contribution in [3.05, 3.63) is 48.5 Å². The number of nitrogens with zero attached hydrogens (tertiary/aromatic N) is 2. The summed E-state index contributed by atoms with van der Waals surface area (Å²) in [4.78, 5) is 16.3. The summed E-state index contributed by atoms with van der Waals surface area (Å²) in [7, 11) is -3.53. The number of amides is 1. The molecule has 2 aromatic carbocycles. The first-order chi connectivity index (χ1) is 15.5. The number of carbonyl (C=O) groups excluding carboxylic acids is 1. The second kappa shape index (κ2) is 10.2. The van der Waals surface area contributed by atoms with Gasteiger partial charge in [-0.25, -0.2) is 8.42 Å². The molecule has 2 aliphatic rings. The van der Waals surface area contributed by atoms with Crippen LogP contribution < -0.4 is 10.2 Å². The van der Waals surface area contributed by atoms with Crippen LogP contribution in [0.5, 0.6) is 0 Å². The minimum absolute atomic E-state index is 0.0505. The number of rotatable bonds is 6. The molecule has 0 unspecified atom stereocenters. The Balaban J connectivity index is 1.31. The van der Waals surface area contributed by atoms with Gasteiger partial charge in [0.2, 0.25) is 15.9 Å². The number of thioether (sulfide) groups is 1. The van der Waals surface area contributed by atoms with E-state index in [0.717, 1.165) is 42.6 Å². The zero-order chi connectivity index (χ0) is 22.6. The van der Waals surface area contributed by atoms with Gasteiger partial charge in [-0.15, -0.1) is 11.8 Å². The third kappa shape index (κ3) is 5.28. The van der Waals surface area contributed by atoms with Crippen molar-refractivity contribution < 1.29 is 17.9 Å². The van der Waals surface area contributed by atoms with Crippen molar-refractivity contribution in [2.24, 2.45) is 5.92 Å². The molecule has 2 saturated heterocycles. The number of morpholine rings is 1. The van der Waals surface area contributed by atoms with Gasteiger partial charge in [0.1, 0.15) is 0 Å². The van der Waals surface area contributed by atoms with Crippen molar-refractivity contribution in [2.45, 2.75) is 22.6 Å². The second-order valence-corrected chi connectivity index (χ2v) is 10.8. The number of hydrogen-bond donors (Lipinski definition) is 1. The van der Waals surface area contributed by atoms with Crippen LogP contribution in [-0.2, 0) is 19.6 Å². The summed E-state index contributed by atoms with van der Waals surface area (Å²) in [5.41, 5.74) is 1.88. The third-order valence-electron chi connectivity index (χ3n) is 6.03. The predicted molar refractivity (Wildman–Crippen MR) is 128 cm³/mol. The maximum Gasteiger partial charge on any atom is 0.243 e. The van der Waals surface area contributed by atoms with Crippen molar-refractivity contribution in [3.63, 3.8) is 0 Å². The molecule has 2 aliphatic heterocycles. The van der Waals surface area contributed by atoms with Crippen LogP contribution in [0.4, 0.5) is 11.4 Å². The van der Waals surface area contributed by atoms with Crippen LogP contribution in [0.2, 0.25) is 0 Å². The van der Waals surface area contributed by atoms with Gasteiger partial charge in [-0.2, -0.15) is 4.31 Å². The molecule has 0 bridgehead atoms. The minimum atomic E-state index is -3.53. The highest BCUT2D eigenvalue weighted by Gasteiger charge is 2.32. The Bertz CT molecular complexity index is 1010. The van der Waals surface area contributed by atoms with Gasteiger partial charge in [-0.3, -0.25) is 4.79 Å². The number of ether oxygens (including phenoxy) is 1. The topological polar surface area (TPSA) is 79.0 Å². The number of nitrogens with one attached hydrogen (secondary N) is 1. The summed E-state index contributed by atoms with van der Waals surface area (Å²) in [6.45, 7) is 3.90. The van der Waals surface area contributed by atoms with Crippen molar-refractivity contribution in [1.82, 2.24) is 4.31 Å². The van der Waals surface area contributed by atoms with Crippen LogP contribution in [0, 0.1) is 5.92 Å². The molecule has 0 saturated carbocycles. The van der Waals surface area contributed by atoms with E-state index in [2.05, 4.69) is 10.2 Å². The van der Waals surface area contributed by atoms with Gasteiger partial charge in [0.15, 0.2) is 0 Å². The van der Waals surface area contributed by atoms with Crippen LogP contribution in [0.3, 0.4) is 0 Å². The summed E-state index contributed by atoms with van der Waals surface area (Å²) in [5, 5.41) is 2.99. The average molecular weight is 476 g/mol. The Kier molecular flexibility index (Phi) is 7.40. The Morgan fingerprint density at radius 2 is 1.59 bits per heavy atom. The van der Waals surface area contributed by atoms with Crippen molar-refractivity contribution in [2.75, 3.05) is 55.9 Å². The number of sulfonamides is 1. The molecular weight excluding hydrogens is 446 g/mol. The lowest BCUT2D eigenvalue weighted by Gasteiger charge is -2.30. The molecular formula is C23H29N3O4S2. The molecule has 0 atom stereocenters. The molecule has 0 radical (unpaired) electrons. The molecule has 1 N–H and O–H groups in total. The van der Waals surface area contributed by atoms with Crippen molar-refractivity contribution >= 4 is 39.1 Å². The van der Waals surface area contributed by atoms with E-state index < -0.39 is 10.0 Å². The summed E-state index contributed by atoms with van der Waals surface area (Å²) in [5.74, 6) is -0.246. The number of carbonyl (C=O) groups is 1. The Hall–Kier alpha value is -2.07. The van der Waals surface area contributed by atoms with Gasteiger partial charge in [0.05, 0.1) is 18.1 Å². The van der Waals surface area contributed by atoms with E-state index in [1.807, 2.05) is 42.7 Å². The molecule has 0 aromatic heterocycles. The zero-order valence-electron chi connectivity index (χ0n) is 18.2. The zero-order valence-corrected chi connectivity index (χ0v) is 19.8. The summed E-state index contributed by atoms with van der Waals surface area (Å²) in [6, 6.07) is 14.8. The minimum Gasteiger partial charge on any atom is -0.378 e. The van der Waals surface area contributed by atoms with E-state index >= 15 is 0 Å². The summed E-state index contributed by atoms with van der Waals surface area (Å²) < 4.78 is 32.7. The Morgan fingerprint density at radius 3 is 2.19 bits per heavy atom. The maximum absolute atomic E-state index is 12.9. The Morgan fingerprint density at radius 1 is 0.969 bits per heavy atom. The molecule has 2 heterocycles. The first kappa shape index (κ1) is 23.1. The summed E-state index contributed by atoms with van der Waals surface area (Å²) in [6.07, 6.45) is 2.98. The normalized spacial score (nSPS) is 18.5. The van der Waals surface area contributed by atoms with E-state index in [1.54, 1.807) is 23.9 Å². The highest BCUT2D eigenvalue weighted by molar-refractivity contribution is 7.98. The van der Waals surface area contributed by atoms with Crippen LogP contribution in [-0.4, -0.2) is 64.3 Å². The van der Waals surface area contributed by atoms with Crippen LogP contribution in [0.15, 0.2) is 58.3 Å². The fraction of sp³-hybridized carbons (Fsp3) is 0.435. The molecule has 0 spiro atoms. The number of benzene rings is 2. The first-order valence-electron chi connectivity index (χ1n) is 10.9. The molecule has 0 aliphatic carbocycles. The van der Waals surface area contributed by atoms with Gasteiger partial charge in [-0.1, -0.05) is 0 Å². The Labute approximate surface area is 194 Å². The van der Waals surface area contributed by atoms with E-state index in [9.17, 15) is 13.2 Å². The van der Waals surface area contributed by atoms with Crippen LogP contribution >= 0.6 is 11.8 Å². The van der Waals surface area contributed by atoms with Crippen molar-refractivity contribution in [1.29, 1.82) is 0 Å². The molecule has 32 heavy (non-hydrogen) atoms. The van der Waals surface area contributed by atoms with Crippen LogP contribution in [0.1, 0.15) is 12.8 Å². The molecule has 7 nitrogen and oxygen atoms in total. The smallest absolute Gasteiger partial charge is 0.243 e. The molecule has 4 rings (SSSR count). The summed E-state index contributed by atoms with van der Waals surface area (Å²) >= 11 is 1.58. The lowest BCUT2D eigenvalue weighted by Crippen LogP contribution is -2.41. The van der Waals surface area contributed by atoms with E-state index in [0.29, 0.717) is 30.8 Å². The maximum atomic E-state index is 12.9. The molecule has 2 aromatic rings. The molecule has 2 fully saturated rings. The highest BCUT2D eigenvalue weighted by Crippen LogP contribution is 2.27. The highest BCUT2D eigenvalue weighted by atomic mass is 32.2.